The molecule has 1 aromatic rings. The van der Waals surface area contributed by atoms with Crippen molar-refractivity contribution in [1.82, 2.24) is 4.98 Å². The zero-order valence-corrected chi connectivity index (χ0v) is 9.67. The number of carbonyl (C=O) groups is 1. The van der Waals surface area contributed by atoms with Crippen LogP contribution in [0.5, 0.6) is 0 Å². The number of aromatic nitrogens is 1. The van der Waals surface area contributed by atoms with Crippen molar-refractivity contribution >= 4 is 28.6 Å². The number of ether oxygens (including phenoxy) is 1. The van der Waals surface area contributed by atoms with Crippen LogP contribution in [0, 0.1) is 3.70 Å². The monoisotopic (exact) mass is 329 g/mol. The molecule has 1 N–H and O–H groups in total. The smallest absolute Gasteiger partial charge is 0.355 e. The number of methoxy groups -OCH3 is 1. The molecule has 7 heteroatoms. The first-order valence-corrected chi connectivity index (χ1v) is 4.84. The molecule has 1 rings (SSSR count). The first-order valence-electron chi connectivity index (χ1n) is 3.76. The van der Waals surface area contributed by atoms with Crippen molar-refractivity contribution in [3.63, 3.8) is 0 Å². The zero-order valence-electron chi connectivity index (χ0n) is 7.51. The van der Waals surface area contributed by atoms with E-state index < -0.39 is 29.1 Å². The molecule has 0 atom stereocenters. The maximum atomic E-state index is 12.5. The van der Waals surface area contributed by atoms with Crippen molar-refractivity contribution in [1.29, 1.82) is 0 Å². The Morgan fingerprint density at radius 1 is 1.60 bits per heavy atom. The molecule has 4 nitrogen and oxygen atoms in total. The minimum Gasteiger partial charge on any atom is -0.464 e. The van der Waals surface area contributed by atoms with Crippen LogP contribution in [0.4, 0.5) is 8.78 Å². The Kier molecular flexibility index (Phi) is 3.77. The summed E-state index contributed by atoms with van der Waals surface area (Å²) in [5, 5.41) is 0. The van der Waals surface area contributed by atoms with Gasteiger partial charge in [0.1, 0.15) is 5.69 Å². The standard InChI is InChI=1S/C8H6F2INO3/c1-15-8(14)6-5(7(9)10)3(13)2-4(11)12-6/h2,7H,1H3,(H,12,13). The van der Waals surface area contributed by atoms with E-state index in [-0.39, 0.29) is 0 Å². The van der Waals surface area contributed by atoms with Crippen LogP contribution in [0.1, 0.15) is 22.5 Å². The summed E-state index contributed by atoms with van der Waals surface area (Å²) in [6.45, 7) is 0. The number of halogens is 3. The lowest BCUT2D eigenvalue weighted by Crippen LogP contribution is -2.19. The van der Waals surface area contributed by atoms with Crippen molar-refractivity contribution in [2.75, 3.05) is 7.11 Å². The van der Waals surface area contributed by atoms with Gasteiger partial charge >= 0.3 is 5.97 Å². The van der Waals surface area contributed by atoms with Gasteiger partial charge in [0.2, 0.25) is 0 Å². The number of H-pyrrole nitrogens is 1. The maximum absolute atomic E-state index is 12.5. The van der Waals surface area contributed by atoms with Crippen molar-refractivity contribution < 1.29 is 18.3 Å². The van der Waals surface area contributed by atoms with E-state index >= 15 is 0 Å². The second-order valence-corrected chi connectivity index (χ2v) is 3.72. The Bertz CT molecular complexity index is 444. The Morgan fingerprint density at radius 2 is 2.20 bits per heavy atom. The zero-order chi connectivity index (χ0) is 11.6. The molecule has 0 fully saturated rings. The molecule has 15 heavy (non-hydrogen) atoms. The van der Waals surface area contributed by atoms with Gasteiger partial charge in [0.15, 0.2) is 5.43 Å². The molecule has 0 aliphatic rings. The normalized spacial score (nSPS) is 10.5. The third-order valence-corrected chi connectivity index (χ3v) is 2.23. The fraction of sp³-hybridized carbons (Fsp3) is 0.250. The summed E-state index contributed by atoms with van der Waals surface area (Å²) in [5.74, 6) is -0.985. The second-order valence-electron chi connectivity index (χ2n) is 2.56. The molecule has 0 saturated carbocycles. The SMILES string of the molecule is COC(=O)c1[nH]c(I)cc(=O)c1C(F)F. The fourth-order valence-corrected chi connectivity index (χ4v) is 1.57. The van der Waals surface area contributed by atoms with Gasteiger partial charge in [0, 0.05) is 6.07 Å². The minimum atomic E-state index is -3.01. The highest BCUT2D eigenvalue weighted by Crippen LogP contribution is 2.19. The first-order chi connectivity index (χ1) is 6.97. The lowest BCUT2D eigenvalue weighted by molar-refractivity contribution is 0.0580. The number of hydrogen-bond acceptors (Lipinski definition) is 3. The molecule has 0 unspecified atom stereocenters. The lowest BCUT2D eigenvalue weighted by Gasteiger charge is -2.06. The Morgan fingerprint density at radius 3 is 2.67 bits per heavy atom. The van der Waals surface area contributed by atoms with Crippen molar-refractivity contribution in [2.45, 2.75) is 6.43 Å². The number of nitrogens with one attached hydrogen (secondary N) is 1. The van der Waals surface area contributed by atoms with E-state index in [4.69, 9.17) is 0 Å². The molecular weight excluding hydrogens is 323 g/mol. The summed E-state index contributed by atoms with van der Waals surface area (Å²) >= 11 is 1.71. The minimum absolute atomic E-state index is 0.294. The van der Waals surface area contributed by atoms with Crippen LogP contribution >= 0.6 is 22.6 Å². The Hall–Kier alpha value is -0.990. The molecule has 0 amide bonds. The van der Waals surface area contributed by atoms with Crippen molar-refractivity contribution in [3.8, 4) is 0 Å². The summed E-state index contributed by atoms with van der Waals surface area (Å²) in [6, 6.07) is 0.995. The van der Waals surface area contributed by atoms with Crippen LogP contribution in [-0.4, -0.2) is 18.1 Å². The quantitative estimate of drug-likeness (QED) is 0.510. The number of pyridine rings is 1. The maximum Gasteiger partial charge on any atom is 0.355 e. The molecule has 0 bridgehead atoms. The summed E-state index contributed by atoms with van der Waals surface area (Å²) in [5.41, 5.74) is -2.24. The molecule has 1 heterocycles. The third kappa shape index (κ3) is 2.52. The molecule has 82 valence electrons. The molecule has 0 saturated heterocycles. The highest BCUT2D eigenvalue weighted by Gasteiger charge is 2.23. The number of carbonyl (C=O) groups excluding carboxylic acids is 1. The van der Waals surface area contributed by atoms with E-state index in [1.54, 1.807) is 22.6 Å². The molecule has 1 aromatic heterocycles. The average molecular weight is 329 g/mol. The van der Waals surface area contributed by atoms with Gasteiger partial charge in [-0.15, -0.1) is 0 Å². The lowest BCUT2D eigenvalue weighted by atomic mass is 10.2. The highest BCUT2D eigenvalue weighted by molar-refractivity contribution is 14.1. The Balaban J connectivity index is 3.47. The summed E-state index contributed by atoms with van der Waals surface area (Å²) in [4.78, 5) is 24.7. The van der Waals surface area contributed by atoms with E-state index in [0.29, 0.717) is 3.70 Å². The van der Waals surface area contributed by atoms with Gasteiger partial charge in [0.25, 0.3) is 6.43 Å². The van der Waals surface area contributed by atoms with Gasteiger partial charge in [-0.2, -0.15) is 0 Å². The average Bonchev–Trinajstić information content (AvgIpc) is 2.14. The van der Waals surface area contributed by atoms with Crippen LogP contribution in [0.3, 0.4) is 0 Å². The molecule has 0 aromatic carbocycles. The first kappa shape index (κ1) is 12.1. The van der Waals surface area contributed by atoms with Gasteiger partial charge in [0.05, 0.1) is 16.4 Å². The number of esters is 1. The highest BCUT2D eigenvalue weighted by atomic mass is 127. The van der Waals surface area contributed by atoms with E-state index in [1.165, 1.54) is 0 Å². The van der Waals surface area contributed by atoms with Crippen LogP contribution in [0.2, 0.25) is 0 Å². The largest absolute Gasteiger partial charge is 0.464 e. The van der Waals surface area contributed by atoms with Crippen LogP contribution in [0.25, 0.3) is 0 Å². The predicted molar refractivity (Wildman–Crippen MR) is 56.1 cm³/mol. The van der Waals surface area contributed by atoms with Gasteiger partial charge in [-0.3, -0.25) is 4.79 Å². The summed E-state index contributed by atoms with van der Waals surface area (Å²) in [6.07, 6.45) is -3.01. The predicted octanol–water partition coefficient (Wildman–Crippen LogP) is 1.70. The summed E-state index contributed by atoms with van der Waals surface area (Å²) in [7, 11) is 1.05. The Labute approximate surface area is 96.8 Å². The van der Waals surface area contributed by atoms with Crippen LogP contribution < -0.4 is 5.43 Å². The van der Waals surface area contributed by atoms with Crippen LogP contribution in [-0.2, 0) is 4.74 Å². The van der Waals surface area contributed by atoms with Gasteiger partial charge in [-0.25, -0.2) is 13.6 Å². The van der Waals surface area contributed by atoms with Crippen LogP contribution in [0.15, 0.2) is 10.9 Å². The molecular formula is C8H6F2INO3. The number of aromatic amines is 1. The van der Waals surface area contributed by atoms with Gasteiger partial charge < -0.3 is 9.72 Å². The molecule has 0 spiro atoms. The molecule has 0 aliphatic heterocycles. The van der Waals surface area contributed by atoms with E-state index in [9.17, 15) is 18.4 Å². The number of alkyl halides is 2. The number of hydrogen-bond donors (Lipinski definition) is 1. The molecule has 0 aliphatic carbocycles. The van der Waals surface area contributed by atoms with E-state index in [0.717, 1.165) is 13.2 Å². The van der Waals surface area contributed by atoms with Gasteiger partial charge in [-0.1, -0.05) is 0 Å². The second kappa shape index (κ2) is 4.69. The van der Waals surface area contributed by atoms with Crippen molar-refractivity contribution in [2.24, 2.45) is 0 Å². The van der Waals surface area contributed by atoms with E-state index in [2.05, 4.69) is 9.72 Å². The molecule has 0 radical (unpaired) electrons. The van der Waals surface area contributed by atoms with E-state index in [1.807, 2.05) is 0 Å². The third-order valence-electron chi connectivity index (χ3n) is 1.64. The number of rotatable bonds is 2. The fourth-order valence-electron chi connectivity index (χ4n) is 1.02. The topological polar surface area (TPSA) is 59.2 Å². The van der Waals surface area contributed by atoms with Crippen molar-refractivity contribution in [3.05, 3.63) is 31.2 Å². The summed E-state index contributed by atoms with van der Waals surface area (Å²) < 4.78 is 29.6. The van der Waals surface area contributed by atoms with Gasteiger partial charge in [-0.05, 0) is 22.6 Å².